The molecule has 3 rings (SSSR count). The Balaban J connectivity index is 1.50. The Kier molecular flexibility index (Phi) is 4.76. The fourth-order valence-corrected chi connectivity index (χ4v) is 1.95. The second-order valence-electron chi connectivity index (χ2n) is 4.86. The van der Waals surface area contributed by atoms with E-state index in [1.54, 1.807) is 47.5 Å². The van der Waals surface area contributed by atoms with E-state index in [1.807, 2.05) is 0 Å². The molecule has 3 aromatic rings. The van der Waals surface area contributed by atoms with E-state index in [4.69, 9.17) is 4.74 Å². The van der Waals surface area contributed by atoms with E-state index in [1.165, 1.54) is 12.1 Å². The van der Waals surface area contributed by atoms with Crippen LogP contribution in [0.15, 0.2) is 55.0 Å². The van der Waals surface area contributed by atoms with Gasteiger partial charge in [0, 0.05) is 12.4 Å². The number of carbonyl (C=O) groups is 1. The van der Waals surface area contributed by atoms with Crippen LogP contribution in [0.2, 0.25) is 0 Å². The van der Waals surface area contributed by atoms with Gasteiger partial charge in [-0.1, -0.05) is 17.3 Å². The Hall–Kier alpha value is -3.29. The van der Waals surface area contributed by atoms with Crippen LogP contribution < -0.4 is 10.1 Å². The molecule has 0 radical (unpaired) electrons. The highest BCUT2D eigenvalue weighted by molar-refractivity contribution is 5.77. The maximum Gasteiger partial charge on any atom is 0.258 e. The first-order valence-electron chi connectivity index (χ1n) is 7.18. The van der Waals surface area contributed by atoms with Gasteiger partial charge in [0.15, 0.2) is 18.2 Å². The Morgan fingerprint density at radius 3 is 2.79 bits per heavy atom. The summed E-state index contributed by atoms with van der Waals surface area (Å²) < 4.78 is 20.1. The van der Waals surface area contributed by atoms with Crippen molar-refractivity contribution < 1.29 is 13.9 Å². The smallest absolute Gasteiger partial charge is 0.258 e. The lowest BCUT2D eigenvalue weighted by Crippen LogP contribution is -2.28. The highest BCUT2D eigenvalue weighted by atomic mass is 19.1. The second-order valence-corrected chi connectivity index (χ2v) is 4.86. The normalized spacial score (nSPS) is 10.4. The van der Waals surface area contributed by atoms with Gasteiger partial charge in [0.2, 0.25) is 0 Å². The molecule has 24 heavy (non-hydrogen) atoms. The van der Waals surface area contributed by atoms with Gasteiger partial charge in [0.25, 0.3) is 5.91 Å². The lowest BCUT2D eigenvalue weighted by atomic mass is 10.3. The van der Waals surface area contributed by atoms with E-state index in [2.05, 4.69) is 20.6 Å². The molecule has 1 amide bonds. The molecule has 0 aliphatic rings. The number of halogens is 1. The summed E-state index contributed by atoms with van der Waals surface area (Å²) in [6.07, 6.45) is 5.00. The number of nitrogens with zero attached hydrogens (tertiary/aromatic N) is 4. The Bertz CT molecular complexity index is 822. The molecule has 7 nitrogen and oxygen atoms in total. The molecule has 0 spiro atoms. The van der Waals surface area contributed by atoms with Gasteiger partial charge in [-0.05, 0) is 24.3 Å². The molecule has 0 fully saturated rings. The van der Waals surface area contributed by atoms with Crippen LogP contribution in [0, 0.1) is 5.82 Å². The summed E-state index contributed by atoms with van der Waals surface area (Å²) in [5, 5.41) is 10.6. The minimum absolute atomic E-state index is 0.0382. The summed E-state index contributed by atoms with van der Waals surface area (Å²) in [4.78, 5) is 15.7. The predicted octanol–water partition coefficient (Wildman–Crippen LogP) is 1.50. The fourth-order valence-electron chi connectivity index (χ4n) is 1.95. The summed E-state index contributed by atoms with van der Waals surface area (Å²) in [6.45, 7) is -0.0794. The predicted molar refractivity (Wildman–Crippen MR) is 82.9 cm³/mol. The Labute approximate surface area is 137 Å². The van der Waals surface area contributed by atoms with Crippen LogP contribution in [-0.2, 0) is 11.3 Å². The van der Waals surface area contributed by atoms with E-state index in [9.17, 15) is 9.18 Å². The van der Waals surface area contributed by atoms with Gasteiger partial charge in [-0.15, -0.1) is 5.10 Å². The molecule has 2 aromatic heterocycles. The molecule has 122 valence electrons. The molecule has 0 saturated heterocycles. The van der Waals surface area contributed by atoms with E-state index in [0.29, 0.717) is 5.69 Å². The number of rotatable bonds is 6. The van der Waals surface area contributed by atoms with E-state index in [0.717, 1.165) is 5.69 Å². The van der Waals surface area contributed by atoms with Gasteiger partial charge in [0.1, 0.15) is 5.69 Å². The third-order valence-electron chi connectivity index (χ3n) is 3.13. The number of amides is 1. The van der Waals surface area contributed by atoms with Crippen molar-refractivity contribution in [3.63, 3.8) is 0 Å². The maximum atomic E-state index is 13.4. The number of carbonyl (C=O) groups excluding carboxylic acids is 1. The molecule has 0 atom stereocenters. The largest absolute Gasteiger partial charge is 0.481 e. The average molecular weight is 327 g/mol. The molecule has 0 aliphatic carbocycles. The molecule has 1 aromatic carbocycles. The van der Waals surface area contributed by atoms with Crippen LogP contribution in [0.25, 0.3) is 5.69 Å². The zero-order valence-corrected chi connectivity index (χ0v) is 12.6. The van der Waals surface area contributed by atoms with Crippen molar-refractivity contribution in [2.24, 2.45) is 0 Å². The Morgan fingerprint density at radius 2 is 2.00 bits per heavy atom. The number of aromatic nitrogens is 4. The number of ether oxygens (including phenoxy) is 1. The first-order valence-corrected chi connectivity index (χ1v) is 7.18. The molecule has 0 bridgehead atoms. The zero-order chi connectivity index (χ0) is 16.8. The molecular formula is C16H14FN5O2. The molecule has 2 heterocycles. The number of benzene rings is 1. The van der Waals surface area contributed by atoms with Crippen LogP contribution in [0.4, 0.5) is 4.39 Å². The standard InChI is InChI=1S/C16H14FN5O2/c17-14-3-1-2-4-15(14)24-11-16(23)19-9-12-10-22(21-20-12)13-5-7-18-8-6-13/h1-8,10H,9,11H2,(H,19,23). The zero-order valence-electron chi connectivity index (χ0n) is 12.6. The molecular weight excluding hydrogens is 313 g/mol. The third-order valence-corrected chi connectivity index (χ3v) is 3.13. The van der Waals surface area contributed by atoms with Crippen molar-refractivity contribution in [2.75, 3.05) is 6.61 Å². The van der Waals surface area contributed by atoms with Crippen LogP contribution in [0.1, 0.15) is 5.69 Å². The number of hydrogen-bond acceptors (Lipinski definition) is 5. The number of hydrogen-bond donors (Lipinski definition) is 1. The highest BCUT2D eigenvalue weighted by Gasteiger charge is 2.08. The van der Waals surface area contributed by atoms with Crippen LogP contribution in [0.5, 0.6) is 5.75 Å². The van der Waals surface area contributed by atoms with Crippen molar-refractivity contribution >= 4 is 5.91 Å². The number of para-hydroxylation sites is 1. The summed E-state index contributed by atoms with van der Waals surface area (Å²) in [5.74, 6) is -0.849. The quantitative estimate of drug-likeness (QED) is 0.742. The van der Waals surface area contributed by atoms with Crippen LogP contribution in [0.3, 0.4) is 0 Å². The first kappa shape index (κ1) is 15.6. The first-order chi connectivity index (χ1) is 11.7. The van der Waals surface area contributed by atoms with Gasteiger partial charge in [-0.2, -0.15) is 0 Å². The highest BCUT2D eigenvalue weighted by Crippen LogP contribution is 2.14. The van der Waals surface area contributed by atoms with Gasteiger partial charge in [-0.25, -0.2) is 9.07 Å². The maximum absolute atomic E-state index is 13.4. The monoisotopic (exact) mass is 327 g/mol. The summed E-state index contributed by atoms with van der Waals surface area (Å²) in [7, 11) is 0. The van der Waals surface area contributed by atoms with Crippen LogP contribution >= 0.6 is 0 Å². The van der Waals surface area contributed by atoms with Crippen molar-refractivity contribution in [1.82, 2.24) is 25.3 Å². The average Bonchev–Trinajstić information content (AvgIpc) is 3.09. The topological polar surface area (TPSA) is 81.9 Å². The van der Waals surface area contributed by atoms with E-state index in [-0.39, 0.29) is 24.8 Å². The number of nitrogens with one attached hydrogen (secondary N) is 1. The van der Waals surface area contributed by atoms with Crippen molar-refractivity contribution in [2.45, 2.75) is 6.54 Å². The van der Waals surface area contributed by atoms with Gasteiger partial charge in [-0.3, -0.25) is 9.78 Å². The summed E-state index contributed by atoms with van der Waals surface area (Å²) in [5.41, 5.74) is 1.41. The number of pyridine rings is 1. The minimum atomic E-state index is -0.509. The molecule has 0 aliphatic heterocycles. The van der Waals surface area contributed by atoms with Gasteiger partial charge >= 0.3 is 0 Å². The van der Waals surface area contributed by atoms with Crippen molar-refractivity contribution in [3.8, 4) is 11.4 Å². The summed E-state index contributed by atoms with van der Waals surface area (Å²) >= 11 is 0. The lowest BCUT2D eigenvalue weighted by Gasteiger charge is -2.06. The van der Waals surface area contributed by atoms with E-state index < -0.39 is 5.82 Å². The van der Waals surface area contributed by atoms with Gasteiger partial charge < -0.3 is 10.1 Å². The van der Waals surface area contributed by atoms with E-state index >= 15 is 0 Å². The summed E-state index contributed by atoms with van der Waals surface area (Å²) in [6, 6.07) is 9.49. The molecule has 0 unspecified atom stereocenters. The fraction of sp³-hybridized carbons (Fsp3) is 0.125. The minimum Gasteiger partial charge on any atom is -0.481 e. The van der Waals surface area contributed by atoms with Gasteiger partial charge in [0.05, 0.1) is 18.4 Å². The third kappa shape index (κ3) is 3.92. The van der Waals surface area contributed by atoms with Crippen molar-refractivity contribution in [1.29, 1.82) is 0 Å². The lowest BCUT2D eigenvalue weighted by molar-refractivity contribution is -0.123. The molecule has 1 N–H and O–H groups in total. The van der Waals surface area contributed by atoms with Crippen LogP contribution in [-0.4, -0.2) is 32.5 Å². The molecule has 0 saturated carbocycles. The molecule has 8 heteroatoms. The second kappa shape index (κ2) is 7.32. The Morgan fingerprint density at radius 1 is 1.21 bits per heavy atom. The van der Waals surface area contributed by atoms with Crippen molar-refractivity contribution in [3.05, 3.63) is 66.5 Å². The SMILES string of the molecule is O=C(COc1ccccc1F)NCc1cn(-c2ccncc2)nn1.